The zero-order valence-corrected chi connectivity index (χ0v) is 17.2. The molecule has 4 rings (SSSR count). The summed E-state index contributed by atoms with van der Waals surface area (Å²) in [7, 11) is 0. The summed E-state index contributed by atoms with van der Waals surface area (Å²) < 4.78 is 2.80. The highest BCUT2D eigenvalue weighted by Crippen LogP contribution is 2.23. The number of hydrogen-bond donors (Lipinski definition) is 2. The van der Waals surface area contributed by atoms with E-state index in [1.54, 1.807) is 26.0 Å². The standard InChI is InChI=1S/C22H27N5O3/c1-16(17(2)28)27-22(30)26(15-23-27)20-5-3-18(4-6-20)24-11-13-25(14-12-24)19-7-9-21(29)10-8-19/h3-10,15-17,28-29H,11-14H2,1-2H3/t16-,17+/m0/s1. The van der Waals surface area contributed by atoms with Crippen LogP contribution in [0.25, 0.3) is 5.69 Å². The molecule has 2 aromatic carbocycles. The Kier molecular flexibility index (Phi) is 5.50. The van der Waals surface area contributed by atoms with Gasteiger partial charge in [0.05, 0.1) is 17.8 Å². The van der Waals surface area contributed by atoms with Crippen molar-refractivity contribution in [3.8, 4) is 11.4 Å². The molecule has 0 unspecified atom stereocenters. The van der Waals surface area contributed by atoms with Crippen molar-refractivity contribution in [2.75, 3.05) is 36.0 Å². The van der Waals surface area contributed by atoms with Crippen LogP contribution in [0.3, 0.4) is 0 Å². The fraction of sp³-hybridized carbons (Fsp3) is 0.364. The highest BCUT2D eigenvalue weighted by atomic mass is 16.3. The third-order valence-corrected chi connectivity index (χ3v) is 5.77. The zero-order chi connectivity index (χ0) is 21.3. The fourth-order valence-electron chi connectivity index (χ4n) is 3.69. The van der Waals surface area contributed by atoms with Gasteiger partial charge in [-0.1, -0.05) is 0 Å². The molecule has 0 bridgehead atoms. The van der Waals surface area contributed by atoms with Crippen molar-refractivity contribution in [2.24, 2.45) is 0 Å². The number of benzene rings is 2. The van der Waals surface area contributed by atoms with Gasteiger partial charge in [0.25, 0.3) is 0 Å². The first-order valence-corrected chi connectivity index (χ1v) is 10.2. The number of piperazine rings is 1. The van der Waals surface area contributed by atoms with E-state index in [0.29, 0.717) is 0 Å². The number of nitrogens with zero attached hydrogens (tertiary/aromatic N) is 5. The number of hydrogen-bond acceptors (Lipinski definition) is 6. The van der Waals surface area contributed by atoms with Gasteiger partial charge < -0.3 is 20.0 Å². The Morgan fingerprint density at radius 1 is 0.833 bits per heavy atom. The van der Waals surface area contributed by atoms with Crippen LogP contribution >= 0.6 is 0 Å². The summed E-state index contributed by atoms with van der Waals surface area (Å²) in [5, 5.41) is 23.3. The largest absolute Gasteiger partial charge is 0.508 e. The van der Waals surface area contributed by atoms with Crippen molar-refractivity contribution < 1.29 is 10.2 Å². The van der Waals surface area contributed by atoms with Gasteiger partial charge in [-0.2, -0.15) is 5.10 Å². The Morgan fingerprint density at radius 2 is 1.30 bits per heavy atom. The molecule has 158 valence electrons. The van der Waals surface area contributed by atoms with Crippen LogP contribution in [0.5, 0.6) is 5.75 Å². The molecule has 0 radical (unpaired) electrons. The number of phenols is 1. The van der Waals surface area contributed by atoms with Gasteiger partial charge in [-0.15, -0.1) is 0 Å². The number of aliphatic hydroxyl groups is 1. The van der Waals surface area contributed by atoms with Crippen LogP contribution in [0.2, 0.25) is 0 Å². The van der Waals surface area contributed by atoms with Gasteiger partial charge in [0.2, 0.25) is 0 Å². The van der Waals surface area contributed by atoms with E-state index in [1.807, 2.05) is 36.4 Å². The predicted molar refractivity (Wildman–Crippen MR) is 117 cm³/mol. The van der Waals surface area contributed by atoms with Crippen LogP contribution in [0, 0.1) is 0 Å². The molecule has 2 atom stereocenters. The van der Waals surface area contributed by atoms with E-state index in [9.17, 15) is 15.0 Å². The molecular formula is C22H27N5O3. The minimum absolute atomic E-state index is 0.265. The smallest absolute Gasteiger partial charge is 0.350 e. The number of anilines is 2. The maximum atomic E-state index is 12.6. The predicted octanol–water partition coefficient (Wildman–Crippen LogP) is 2.01. The number of aliphatic hydroxyl groups excluding tert-OH is 1. The summed E-state index contributed by atoms with van der Waals surface area (Å²) in [6.45, 7) is 7.00. The van der Waals surface area contributed by atoms with Gasteiger partial charge in [0, 0.05) is 37.6 Å². The average molecular weight is 409 g/mol. The van der Waals surface area contributed by atoms with E-state index in [-0.39, 0.29) is 17.5 Å². The normalized spacial score (nSPS) is 16.5. The maximum Gasteiger partial charge on any atom is 0.350 e. The highest BCUT2D eigenvalue weighted by molar-refractivity contribution is 5.54. The second-order valence-electron chi connectivity index (χ2n) is 7.72. The molecule has 0 aliphatic carbocycles. The van der Waals surface area contributed by atoms with E-state index >= 15 is 0 Å². The zero-order valence-electron chi connectivity index (χ0n) is 17.2. The second kappa shape index (κ2) is 8.23. The quantitative estimate of drug-likeness (QED) is 0.670. The molecule has 1 aliphatic heterocycles. The second-order valence-corrected chi connectivity index (χ2v) is 7.72. The minimum Gasteiger partial charge on any atom is -0.508 e. The average Bonchev–Trinajstić information content (AvgIpc) is 3.15. The molecule has 0 saturated carbocycles. The lowest BCUT2D eigenvalue weighted by molar-refractivity contribution is 0.130. The number of rotatable bonds is 5. The molecule has 30 heavy (non-hydrogen) atoms. The molecule has 8 nitrogen and oxygen atoms in total. The SMILES string of the molecule is C[C@@H](O)[C@H](C)n1ncn(-c2ccc(N3CCN(c4ccc(O)cc4)CC3)cc2)c1=O. The van der Waals surface area contributed by atoms with Gasteiger partial charge in [-0.25, -0.2) is 14.0 Å². The van der Waals surface area contributed by atoms with Crippen LogP contribution in [0.4, 0.5) is 11.4 Å². The van der Waals surface area contributed by atoms with E-state index in [4.69, 9.17) is 0 Å². The van der Waals surface area contributed by atoms with Crippen LogP contribution in [-0.4, -0.2) is 56.8 Å². The maximum absolute atomic E-state index is 12.6. The first kappa shape index (κ1) is 20.0. The summed E-state index contributed by atoms with van der Waals surface area (Å²) in [4.78, 5) is 17.2. The van der Waals surface area contributed by atoms with E-state index in [0.717, 1.165) is 43.2 Å². The lowest BCUT2D eigenvalue weighted by Crippen LogP contribution is -2.46. The third-order valence-electron chi connectivity index (χ3n) is 5.77. The van der Waals surface area contributed by atoms with Gasteiger partial charge in [-0.3, -0.25) is 0 Å². The van der Waals surface area contributed by atoms with E-state index < -0.39 is 6.10 Å². The topological polar surface area (TPSA) is 86.8 Å². The van der Waals surface area contributed by atoms with E-state index in [2.05, 4.69) is 14.9 Å². The lowest BCUT2D eigenvalue weighted by atomic mass is 10.2. The molecule has 1 fully saturated rings. The Balaban J connectivity index is 1.44. The summed E-state index contributed by atoms with van der Waals surface area (Å²) in [5.74, 6) is 0.280. The summed E-state index contributed by atoms with van der Waals surface area (Å²) in [6, 6.07) is 14.8. The molecule has 8 heteroatoms. The van der Waals surface area contributed by atoms with Gasteiger partial charge in [0.1, 0.15) is 12.1 Å². The van der Waals surface area contributed by atoms with Crippen molar-refractivity contribution in [1.29, 1.82) is 0 Å². The minimum atomic E-state index is -0.659. The lowest BCUT2D eigenvalue weighted by Gasteiger charge is -2.37. The monoisotopic (exact) mass is 409 g/mol. The Hall–Kier alpha value is -3.26. The Bertz CT molecular complexity index is 1030. The van der Waals surface area contributed by atoms with Crippen molar-refractivity contribution in [1.82, 2.24) is 14.3 Å². The summed E-state index contributed by atoms with van der Waals surface area (Å²) in [5.41, 5.74) is 2.71. The van der Waals surface area contributed by atoms with Crippen molar-refractivity contribution in [2.45, 2.75) is 26.0 Å². The Labute approximate surface area is 175 Å². The number of aromatic nitrogens is 3. The van der Waals surface area contributed by atoms with E-state index in [1.165, 1.54) is 15.6 Å². The molecule has 3 aromatic rings. The Morgan fingerprint density at radius 3 is 1.80 bits per heavy atom. The summed E-state index contributed by atoms with van der Waals surface area (Å²) >= 11 is 0. The van der Waals surface area contributed by atoms with Crippen molar-refractivity contribution >= 4 is 11.4 Å². The molecule has 0 amide bonds. The first-order valence-electron chi connectivity index (χ1n) is 10.2. The molecular weight excluding hydrogens is 382 g/mol. The van der Waals surface area contributed by atoms with Crippen LogP contribution in [0.1, 0.15) is 19.9 Å². The number of phenolic OH excluding ortho intramolecular Hbond substituents is 1. The molecule has 0 spiro atoms. The van der Waals surface area contributed by atoms with Crippen LogP contribution < -0.4 is 15.5 Å². The number of aromatic hydroxyl groups is 1. The van der Waals surface area contributed by atoms with Crippen molar-refractivity contribution in [3.05, 3.63) is 65.3 Å². The summed E-state index contributed by atoms with van der Waals surface area (Å²) in [6.07, 6.45) is 0.834. The highest BCUT2D eigenvalue weighted by Gasteiger charge is 2.19. The molecule has 2 heterocycles. The van der Waals surface area contributed by atoms with Crippen LogP contribution in [0.15, 0.2) is 59.7 Å². The first-order chi connectivity index (χ1) is 14.4. The molecule has 2 N–H and O–H groups in total. The van der Waals surface area contributed by atoms with Crippen LogP contribution in [-0.2, 0) is 0 Å². The van der Waals surface area contributed by atoms with Gasteiger partial charge in [-0.05, 0) is 62.4 Å². The molecule has 1 aliphatic rings. The van der Waals surface area contributed by atoms with Gasteiger partial charge >= 0.3 is 5.69 Å². The molecule has 1 aromatic heterocycles. The van der Waals surface area contributed by atoms with Crippen molar-refractivity contribution in [3.63, 3.8) is 0 Å². The van der Waals surface area contributed by atoms with Gasteiger partial charge in [0.15, 0.2) is 0 Å². The molecule has 1 saturated heterocycles. The fourth-order valence-corrected chi connectivity index (χ4v) is 3.69. The third kappa shape index (κ3) is 3.91.